The third-order valence-corrected chi connectivity index (χ3v) is 6.53. The van der Waals surface area contributed by atoms with Crippen molar-refractivity contribution in [1.29, 1.82) is 0 Å². The van der Waals surface area contributed by atoms with Crippen molar-refractivity contribution < 1.29 is 23.1 Å². The molecule has 1 aromatic carbocycles. The largest absolute Gasteiger partial charge is 0.391 e. The molecule has 176 valence electrons. The number of terminal acetylenes is 1. The molecule has 5 rings (SSSR count). The van der Waals surface area contributed by atoms with Crippen LogP contribution in [-0.4, -0.2) is 62.6 Å². The van der Waals surface area contributed by atoms with E-state index in [1.165, 1.54) is 23.4 Å². The maximum Gasteiger partial charge on any atom is 0.273 e. The first-order chi connectivity index (χ1) is 16.3. The van der Waals surface area contributed by atoms with E-state index in [2.05, 4.69) is 26.2 Å². The molecule has 2 N–H and O–H groups in total. The van der Waals surface area contributed by atoms with Gasteiger partial charge in [-0.1, -0.05) is 5.92 Å². The molecule has 34 heavy (non-hydrogen) atoms. The van der Waals surface area contributed by atoms with Crippen molar-refractivity contribution in [2.24, 2.45) is 4.99 Å². The molecule has 1 saturated carbocycles. The van der Waals surface area contributed by atoms with Crippen LogP contribution in [0.1, 0.15) is 47.7 Å². The molecule has 1 aromatic heterocycles. The van der Waals surface area contributed by atoms with Crippen molar-refractivity contribution >= 4 is 17.4 Å². The van der Waals surface area contributed by atoms with Crippen LogP contribution in [0.3, 0.4) is 0 Å². The van der Waals surface area contributed by atoms with Crippen LogP contribution in [0.15, 0.2) is 29.5 Å². The Morgan fingerprint density at radius 1 is 1.18 bits per heavy atom. The molecule has 3 aliphatic rings. The van der Waals surface area contributed by atoms with Crippen LogP contribution in [-0.2, 0) is 11.3 Å². The summed E-state index contributed by atoms with van der Waals surface area (Å²) in [5.41, 5.74) is 1.61. The SMILES string of the molecule is C#Cc1cc(F)cc([C@H]2C[C@H](F)CN2C(=O)C2=NCc3ncnc(N[C@@H]4C[C@@H](F)C[C@H]4O)c32)c1. The molecule has 1 saturated heterocycles. The van der Waals surface area contributed by atoms with E-state index in [4.69, 9.17) is 6.42 Å². The maximum atomic E-state index is 14.5. The van der Waals surface area contributed by atoms with Gasteiger partial charge >= 0.3 is 0 Å². The Kier molecular flexibility index (Phi) is 5.73. The zero-order valence-electron chi connectivity index (χ0n) is 18.1. The average molecular weight is 469 g/mol. The molecule has 0 radical (unpaired) electrons. The number of carbonyl (C=O) groups excluding carboxylic acids is 1. The Labute approximate surface area is 194 Å². The number of halogens is 3. The number of hydrogen-bond donors (Lipinski definition) is 2. The van der Waals surface area contributed by atoms with E-state index in [-0.39, 0.29) is 43.9 Å². The number of aliphatic hydroxyl groups is 1. The molecule has 10 heteroatoms. The van der Waals surface area contributed by atoms with Gasteiger partial charge in [0.1, 0.15) is 36.0 Å². The molecular weight excluding hydrogens is 447 g/mol. The monoisotopic (exact) mass is 469 g/mol. The predicted octanol–water partition coefficient (Wildman–Crippen LogP) is 2.48. The highest BCUT2D eigenvalue weighted by atomic mass is 19.1. The molecule has 0 spiro atoms. The van der Waals surface area contributed by atoms with Crippen LogP contribution in [0.2, 0.25) is 0 Å². The minimum Gasteiger partial charge on any atom is -0.391 e. The van der Waals surface area contributed by atoms with Gasteiger partial charge in [0, 0.05) is 24.8 Å². The van der Waals surface area contributed by atoms with Gasteiger partial charge in [-0.3, -0.25) is 9.79 Å². The number of aliphatic hydroxyl groups excluding tert-OH is 1. The smallest absolute Gasteiger partial charge is 0.273 e. The quantitative estimate of drug-likeness (QED) is 0.672. The van der Waals surface area contributed by atoms with Crippen LogP contribution in [0.25, 0.3) is 0 Å². The van der Waals surface area contributed by atoms with Gasteiger partial charge in [0.15, 0.2) is 0 Å². The topological polar surface area (TPSA) is 90.7 Å². The van der Waals surface area contributed by atoms with E-state index in [1.54, 1.807) is 6.07 Å². The number of aliphatic imine (C=N–C) groups is 1. The van der Waals surface area contributed by atoms with Gasteiger partial charge in [0.05, 0.1) is 42.5 Å². The number of aromatic nitrogens is 2. The second-order valence-electron chi connectivity index (χ2n) is 8.82. The van der Waals surface area contributed by atoms with Crippen LogP contribution in [0.5, 0.6) is 0 Å². The maximum absolute atomic E-state index is 14.5. The molecule has 0 bridgehead atoms. The van der Waals surface area contributed by atoms with Crippen LogP contribution in [0.4, 0.5) is 19.0 Å². The van der Waals surface area contributed by atoms with E-state index in [9.17, 15) is 23.1 Å². The van der Waals surface area contributed by atoms with Gasteiger partial charge in [-0.25, -0.2) is 23.1 Å². The normalized spacial score (nSPS) is 27.9. The van der Waals surface area contributed by atoms with Gasteiger partial charge in [-0.15, -0.1) is 6.42 Å². The lowest BCUT2D eigenvalue weighted by molar-refractivity contribution is -0.125. The van der Waals surface area contributed by atoms with Crippen LogP contribution >= 0.6 is 0 Å². The number of rotatable bonds is 4. The van der Waals surface area contributed by atoms with Crippen molar-refractivity contribution in [3.63, 3.8) is 0 Å². The summed E-state index contributed by atoms with van der Waals surface area (Å²) < 4.78 is 42.3. The summed E-state index contributed by atoms with van der Waals surface area (Å²) in [4.78, 5) is 27.7. The van der Waals surface area contributed by atoms with Crippen molar-refractivity contribution in [3.8, 4) is 12.3 Å². The number of hydrogen-bond acceptors (Lipinski definition) is 6. The predicted molar refractivity (Wildman–Crippen MR) is 118 cm³/mol. The van der Waals surface area contributed by atoms with Gasteiger partial charge in [-0.2, -0.15) is 0 Å². The Balaban J connectivity index is 1.45. The molecule has 0 unspecified atom stereocenters. The highest BCUT2D eigenvalue weighted by Crippen LogP contribution is 2.36. The lowest BCUT2D eigenvalue weighted by Crippen LogP contribution is -2.37. The van der Waals surface area contributed by atoms with Crippen LogP contribution < -0.4 is 5.32 Å². The standard InChI is InChI=1S/C24H22F3N5O2/c1-2-12-3-13(5-14(25)4-12)19-7-16(27)10-32(19)24(34)22-21-18(9-28-22)29-11-30-23(21)31-17-6-15(26)8-20(17)33/h1,3-5,11,15-17,19-20,33H,6-10H2,(H,29,30,31)/t15-,16+,17-,19-,20-/m1/s1. The van der Waals surface area contributed by atoms with E-state index >= 15 is 0 Å². The summed E-state index contributed by atoms with van der Waals surface area (Å²) >= 11 is 0. The summed E-state index contributed by atoms with van der Waals surface area (Å²) in [5, 5.41) is 13.2. The van der Waals surface area contributed by atoms with Gasteiger partial charge in [0.2, 0.25) is 0 Å². The summed E-state index contributed by atoms with van der Waals surface area (Å²) in [7, 11) is 0. The van der Waals surface area contributed by atoms with E-state index in [1.807, 2.05) is 0 Å². The summed E-state index contributed by atoms with van der Waals surface area (Å²) in [5.74, 6) is 1.53. The fraction of sp³-hybridized carbons (Fsp3) is 0.417. The highest BCUT2D eigenvalue weighted by Gasteiger charge is 2.41. The number of likely N-dealkylation sites (tertiary alicyclic amines) is 1. The lowest BCUT2D eigenvalue weighted by Gasteiger charge is -2.26. The van der Waals surface area contributed by atoms with Gasteiger partial charge in [0.25, 0.3) is 5.91 Å². The Morgan fingerprint density at radius 2 is 2.00 bits per heavy atom. The molecule has 3 heterocycles. The molecule has 1 amide bonds. The van der Waals surface area contributed by atoms with E-state index < -0.39 is 42.3 Å². The minimum absolute atomic E-state index is 0.00188. The number of nitrogens with one attached hydrogen (secondary N) is 1. The second kappa shape index (κ2) is 8.72. The molecule has 5 atom stereocenters. The summed E-state index contributed by atoms with van der Waals surface area (Å²) in [6.45, 7) is -0.0492. The molecule has 2 aromatic rings. The average Bonchev–Trinajstić information content (AvgIpc) is 3.50. The Bertz CT molecular complexity index is 1210. The molecule has 2 fully saturated rings. The first-order valence-electron chi connectivity index (χ1n) is 11.0. The van der Waals surface area contributed by atoms with E-state index in [0.29, 0.717) is 22.4 Å². The third-order valence-electron chi connectivity index (χ3n) is 6.53. The molecular formula is C24H22F3N5O2. The minimum atomic E-state index is -1.30. The number of amides is 1. The Hall–Kier alpha value is -3.45. The third kappa shape index (κ3) is 4.01. The van der Waals surface area contributed by atoms with Gasteiger partial charge in [-0.05, 0) is 23.8 Å². The van der Waals surface area contributed by atoms with E-state index in [0.717, 1.165) is 0 Å². The molecule has 7 nitrogen and oxygen atoms in total. The van der Waals surface area contributed by atoms with Crippen LogP contribution in [0, 0.1) is 18.2 Å². The first kappa shape index (κ1) is 22.3. The summed E-state index contributed by atoms with van der Waals surface area (Å²) in [6, 6.07) is 2.72. The van der Waals surface area contributed by atoms with Crippen molar-refractivity contribution in [2.75, 3.05) is 11.9 Å². The highest BCUT2D eigenvalue weighted by molar-refractivity contribution is 6.47. The fourth-order valence-electron chi connectivity index (χ4n) is 4.94. The number of carbonyl (C=O) groups is 1. The number of benzene rings is 1. The van der Waals surface area contributed by atoms with Crippen molar-refractivity contribution in [3.05, 3.63) is 52.7 Å². The zero-order chi connectivity index (χ0) is 24.0. The van der Waals surface area contributed by atoms with Gasteiger partial charge < -0.3 is 15.3 Å². The number of fused-ring (bicyclic) bond motifs is 1. The summed E-state index contributed by atoms with van der Waals surface area (Å²) in [6.07, 6.45) is 3.51. The van der Waals surface area contributed by atoms with Crippen molar-refractivity contribution in [1.82, 2.24) is 14.9 Å². The first-order valence-corrected chi connectivity index (χ1v) is 11.0. The molecule has 2 aliphatic heterocycles. The number of alkyl halides is 2. The zero-order valence-corrected chi connectivity index (χ0v) is 18.1. The Morgan fingerprint density at radius 3 is 2.74 bits per heavy atom. The molecule has 1 aliphatic carbocycles. The second-order valence-corrected chi connectivity index (χ2v) is 8.82. The number of nitrogens with zero attached hydrogens (tertiary/aromatic N) is 4. The lowest BCUT2D eigenvalue weighted by atomic mass is 10.0. The number of anilines is 1. The van der Waals surface area contributed by atoms with Crippen molar-refractivity contribution in [2.45, 2.75) is 56.3 Å². The fourth-order valence-corrected chi connectivity index (χ4v) is 4.94.